The molecule has 1 atom stereocenters. The van der Waals surface area contributed by atoms with Gasteiger partial charge < -0.3 is 5.32 Å². The van der Waals surface area contributed by atoms with Gasteiger partial charge in [-0.3, -0.25) is 15.0 Å². The second-order valence-electron chi connectivity index (χ2n) is 6.14. The van der Waals surface area contributed by atoms with E-state index in [9.17, 15) is 18.5 Å². The minimum atomic E-state index is -3.99. The van der Waals surface area contributed by atoms with Gasteiger partial charge in [0, 0.05) is 17.5 Å². The third-order valence-corrected chi connectivity index (χ3v) is 6.32. The third-order valence-electron chi connectivity index (χ3n) is 4.43. The first-order valence-corrected chi connectivity index (χ1v) is 10.6. The number of nitro groups is 1. The molecule has 1 aliphatic rings. The summed E-state index contributed by atoms with van der Waals surface area (Å²) in [5.41, 5.74) is -0.0222. The summed E-state index contributed by atoms with van der Waals surface area (Å²) < 4.78 is 22.9. The average molecular weight is 396 g/mol. The van der Waals surface area contributed by atoms with Gasteiger partial charge in [0.2, 0.25) is 10.0 Å². The summed E-state index contributed by atoms with van der Waals surface area (Å²) in [4.78, 5) is 14.0. The number of anilines is 1. The lowest BCUT2D eigenvalue weighted by molar-refractivity contribution is -0.384. The smallest absolute Gasteiger partial charge is 0.293 e. The van der Waals surface area contributed by atoms with Gasteiger partial charge in [-0.05, 0) is 49.5 Å². The first kappa shape index (κ1) is 18.8. The first-order chi connectivity index (χ1) is 12.4. The van der Waals surface area contributed by atoms with Crippen LogP contribution in [0.2, 0.25) is 0 Å². The van der Waals surface area contributed by atoms with Crippen LogP contribution in [0.1, 0.15) is 23.8 Å². The maximum absolute atomic E-state index is 11.4. The van der Waals surface area contributed by atoms with Gasteiger partial charge in [-0.2, -0.15) is 0 Å². The number of nitro benzene ring substituents is 1. The van der Waals surface area contributed by atoms with E-state index in [1.807, 2.05) is 11.4 Å². The number of hydrogen-bond donors (Lipinski definition) is 2. The van der Waals surface area contributed by atoms with E-state index in [0.29, 0.717) is 6.54 Å². The van der Waals surface area contributed by atoms with Crippen molar-refractivity contribution in [2.24, 2.45) is 5.14 Å². The fourth-order valence-corrected chi connectivity index (χ4v) is 4.53. The van der Waals surface area contributed by atoms with Gasteiger partial charge in [0.15, 0.2) is 0 Å². The highest BCUT2D eigenvalue weighted by Gasteiger charge is 2.25. The number of hydrogen-bond acceptors (Lipinski definition) is 7. The molecule has 0 aliphatic carbocycles. The Labute approximate surface area is 155 Å². The van der Waals surface area contributed by atoms with Crippen molar-refractivity contribution < 1.29 is 13.3 Å². The largest absolute Gasteiger partial charge is 0.378 e. The van der Waals surface area contributed by atoms with Crippen molar-refractivity contribution in [2.75, 3.05) is 25.0 Å². The summed E-state index contributed by atoms with van der Waals surface area (Å²) in [6, 6.07) is 7.84. The predicted molar refractivity (Wildman–Crippen MR) is 101 cm³/mol. The minimum Gasteiger partial charge on any atom is -0.378 e. The van der Waals surface area contributed by atoms with Crippen LogP contribution >= 0.6 is 11.3 Å². The van der Waals surface area contributed by atoms with Gasteiger partial charge >= 0.3 is 0 Å². The van der Waals surface area contributed by atoms with Crippen LogP contribution in [-0.2, 0) is 10.0 Å². The molecule has 2 heterocycles. The van der Waals surface area contributed by atoms with E-state index >= 15 is 0 Å². The molecule has 0 spiro atoms. The van der Waals surface area contributed by atoms with E-state index < -0.39 is 14.9 Å². The average Bonchev–Trinajstić information content (AvgIpc) is 3.28. The Balaban J connectivity index is 1.84. The van der Waals surface area contributed by atoms with Crippen molar-refractivity contribution >= 4 is 32.7 Å². The molecule has 3 rings (SSSR count). The highest BCUT2D eigenvalue weighted by molar-refractivity contribution is 7.89. The number of nitrogens with one attached hydrogen (secondary N) is 1. The van der Waals surface area contributed by atoms with Gasteiger partial charge in [-0.15, -0.1) is 11.3 Å². The zero-order valence-electron chi connectivity index (χ0n) is 14.0. The Morgan fingerprint density at radius 2 is 2.04 bits per heavy atom. The van der Waals surface area contributed by atoms with Crippen LogP contribution in [0.5, 0.6) is 0 Å². The van der Waals surface area contributed by atoms with Crippen molar-refractivity contribution in [3.8, 4) is 0 Å². The fourth-order valence-electron chi connectivity index (χ4n) is 3.14. The standard InChI is InChI=1S/C16H20N4O4S2/c17-26(23,24)12-5-6-13(14(10-12)20(21)22)18-11-15(16-4-3-9-25-16)19-7-1-2-8-19/h3-6,9-10,15,18H,1-2,7-8,11H2,(H2,17,23,24). The van der Waals surface area contributed by atoms with Gasteiger partial charge in [0.25, 0.3) is 5.69 Å². The normalized spacial score (nSPS) is 16.5. The second kappa shape index (κ2) is 7.70. The molecule has 140 valence electrons. The molecular weight excluding hydrogens is 376 g/mol. The van der Waals surface area contributed by atoms with Crippen LogP contribution in [-0.4, -0.2) is 37.9 Å². The number of rotatable bonds is 7. The zero-order chi connectivity index (χ0) is 18.7. The number of likely N-dealkylation sites (tertiary alicyclic amines) is 1. The van der Waals surface area contributed by atoms with E-state index in [1.54, 1.807) is 11.3 Å². The van der Waals surface area contributed by atoms with E-state index in [2.05, 4.69) is 16.3 Å². The van der Waals surface area contributed by atoms with E-state index in [0.717, 1.165) is 32.0 Å². The maximum atomic E-state index is 11.4. The first-order valence-electron chi connectivity index (χ1n) is 8.19. The van der Waals surface area contributed by atoms with Crippen molar-refractivity contribution in [3.63, 3.8) is 0 Å². The molecule has 1 fully saturated rings. The van der Waals surface area contributed by atoms with Crippen LogP contribution in [0.3, 0.4) is 0 Å². The third kappa shape index (κ3) is 4.21. The molecule has 1 aromatic carbocycles. The summed E-state index contributed by atoms with van der Waals surface area (Å²) >= 11 is 1.66. The Morgan fingerprint density at radius 3 is 2.62 bits per heavy atom. The van der Waals surface area contributed by atoms with Gasteiger partial charge in [-0.25, -0.2) is 13.6 Å². The number of nitrogens with zero attached hydrogens (tertiary/aromatic N) is 2. The predicted octanol–water partition coefficient (Wildman–Crippen LogP) is 2.55. The Hall–Kier alpha value is -2.01. The Kier molecular flexibility index (Phi) is 5.56. The zero-order valence-corrected chi connectivity index (χ0v) is 15.6. The second-order valence-corrected chi connectivity index (χ2v) is 8.68. The van der Waals surface area contributed by atoms with Crippen LogP contribution in [0.15, 0.2) is 40.6 Å². The number of benzene rings is 1. The molecule has 26 heavy (non-hydrogen) atoms. The number of nitrogens with two attached hydrogens (primary N) is 1. The quantitative estimate of drug-likeness (QED) is 0.548. The molecule has 8 nitrogen and oxygen atoms in total. The summed E-state index contributed by atoms with van der Waals surface area (Å²) in [6.07, 6.45) is 2.29. The molecular formula is C16H20N4O4S2. The monoisotopic (exact) mass is 396 g/mol. The van der Waals surface area contributed by atoms with Crippen molar-refractivity contribution in [2.45, 2.75) is 23.8 Å². The summed E-state index contributed by atoms with van der Waals surface area (Å²) in [5.74, 6) is 0. The van der Waals surface area contributed by atoms with E-state index in [-0.39, 0.29) is 22.3 Å². The molecule has 3 N–H and O–H groups in total. The van der Waals surface area contributed by atoms with Crippen molar-refractivity contribution in [1.82, 2.24) is 4.90 Å². The number of primary sulfonamides is 1. The Morgan fingerprint density at radius 1 is 1.31 bits per heavy atom. The van der Waals surface area contributed by atoms with Gasteiger partial charge in [-0.1, -0.05) is 6.07 Å². The van der Waals surface area contributed by atoms with Crippen molar-refractivity contribution in [1.29, 1.82) is 0 Å². The van der Waals surface area contributed by atoms with Crippen LogP contribution < -0.4 is 10.5 Å². The molecule has 2 aromatic rings. The molecule has 1 aliphatic heterocycles. The van der Waals surface area contributed by atoms with Crippen LogP contribution in [0.25, 0.3) is 0 Å². The van der Waals surface area contributed by atoms with Crippen LogP contribution in [0.4, 0.5) is 11.4 Å². The lowest BCUT2D eigenvalue weighted by Crippen LogP contribution is -2.30. The molecule has 1 saturated heterocycles. The SMILES string of the molecule is NS(=O)(=O)c1ccc(NCC(c2cccs2)N2CCCC2)c([N+](=O)[O-])c1. The maximum Gasteiger partial charge on any atom is 0.293 e. The molecule has 0 amide bonds. The lowest BCUT2D eigenvalue weighted by atomic mass is 10.2. The molecule has 10 heteroatoms. The summed E-state index contributed by atoms with van der Waals surface area (Å²) in [6.45, 7) is 2.49. The molecule has 0 saturated carbocycles. The molecule has 0 radical (unpaired) electrons. The summed E-state index contributed by atoms with van der Waals surface area (Å²) in [7, 11) is -3.99. The van der Waals surface area contributed by atoms with E-state index in [4.69, 9.17) is 5.14 Å². The van der Waals surface area contributed by atoms with Crippen molar-refractivity contribution in [3.05, 3.63) is 50.7 Å². The van der Waals surface area contributed by atoms with Gasteiger partial charge in [0.05, 0.1) is 15.9 Å². The topological polar surface area (TPSA) is 119 Å². The molecule has 0 bridgehead atoms. The highest BCUT2D eigenvalue weighted by atomic mass is 32.2. The minimum absolute atomic E-state index is 0.120. The Bertz CT molecular complexity index is 878. The number of thiophene rings is 1. The highest BCUT2D eigenvalue weighted by Crippen LogP contribution is 2.31. The summed E-state index contributed by atoms with van der Waals surface area (Å²) in [5, 5.41) is 21.6. The lowest BCUT2D eigenvalue weighted by Gasteiger charge is -2.27. The van der Waals surface area contributed by atoms with E-state index in [1.165, 1.54) is 17.0 Å². The fraction of sp³-hybridized carbons (Fsp3) is 0.375. The molecule has 1 aromatic heterocycles. The number of sulfonamides is 1. The van der Waals surface area contributed by atoms with Gasteiger partial charge in [0.1, 0.15) is 5.69 Å². The molecule has 1 unspecified atom stereocenters. The van der Waals surface area contributed by atoms with Crippen LogP contribution in [0, 0.1) is 10.1 Å².